The molecule has 2 atom stereocenters. The summed E-state index contributed by atoms with van der Waals surface area (Å²) in [6, 6.07) is -0.349. The van der Waals surface area contributed by atoms with Gasteiger partial charge >= 0.3 is 5.97 Å². The van der Waals surface area contributed by atoms with E-state index in [4.69, 9.17) is 5.11 Å². The van der Waals surface area contributed by atoms with E-state index in [0.717, 1.165) is 32.4 Å². The summed E-state index contributed by atoms with van der Waals surface area (Å²) in [5, 5.41) is 12.3. The zero-order valence-corrected chi connectivity index (χ0v) is 9.85. The van der Waals surface area contributed by atoms with Crippen LogP contribution in [0.4, 0.5) is 0 Å². The molecule has 0 aromatic rings. The Balaban J connectivity index is 1.99. The van der Waals surface area contributed by atoms with Gasteiger partial charge in [-0.2, -0.15) is 0 Å². The summed E-state index contributed by atoms with van der Waals surface area (Å²) in [7, 11) is 2.13. The maximum absolute atomic E-state index is 10.9. The molecule has 2 rings (SSSR count). The van der Waals surface area contributed by atoms with Crippen LogP contribution in [-0.4, -0.2) is 52.8 Å². The number of rotatable bonds is 1. The quantitative estimate of drug-likeness (QED) is 0.690. The average Bonchev–Trinajstić information content (AvgIpc) is 2.51. The summed E-state index contributed by atoms with van der Waals surface area (Å²) in [5.74, 6) is -0.00374. The van der Waals surface area contributed by atoms with E-state index < -0.39 is 5.97 Å². The number of aliphatic carboxylic acids is 1. The number of hydrogen-bond acceptors (Lipinski definition) is 4. The van der Waals surface area contributed by atoms with Crippen molar-refractivity contribution in [2.75, 3.05) is 25.9 Å². The minimum Gasteiger partial charge on any atom is -0.480 e. The Morgan fingerprint density at radius 3 is 3.00 bits per heavy atom. The molecule has 5 heteroatoms. The summed E-state index contributed by atoms with van der Waals surface area (Å²) in [4.78, 5) is 13.3. The van der Waals surface area contributed by atoms with Crippen molar-refractivity contribution in [3.63, 3.8) is 0 Å². The summed E-state index contributed by atoms with van der Waals surface area (Å²) in [5.41, 5.74) is 0. The van der Waals surface area contributed by atoms with E-state index in [1.165, 1.54) is 0 Å². The van der Waals surface area contributed by atoms with Gasteiger partial charge in [0, 0.05) is 12.3 Å². The highest BCUT2D eigenvalue weighted by Crippen LogP contribution is 2.38. The van der Waals surface area contributed by atoms with Crippen molar-refractivity contribution in [1.82, 2.24) is 10.2 Å². The number of likely N-dealkylation sites (tertiary alicyclic amines) is 1. The summed E-state index contributed by atoms with van der Waals surface area (Å²) < 4.78 is 0. The lowest BCUT2D eigenvalue weighted by Gasteiger charge is -2.27. The summed E-state index contributed by atoms with van der Waals surface area (Å²) in [6.45, 7) is 2.19. The van der Waals surface area contributed by atoms with E-state index >= 15 is 0 Å². The van der Waals surface area contributed by atoms with Crippen LogP contribution in [0.1, 0.15) is 19.3 Å². The molecule has 0 aliphatic carbocycles. The van der Waals surface area contributed by atoms with Gasteiger partial charge in [0.25, 0.3) is 0 Å². The molecule has 0 radical (unpaired) electrons. The molecule has 2 saturated heterocycles. The maximum Gasteiger partial charge on any atom is 0.321 e. The molecule has 0 aromatic carbocycles. The fourth-order valence-corrected chi connectivity index (χ4v) is 3.77. The fourth-order valence-electron chi connectivity index (χ4n) is 2.31. The van der Waals surface area contributed by atoms with Crippen molar-refractivity contribution in [3.8, 4) is 0 Å². The van der Waals surface area contributed by atoms with Crippen molar-refractivity contribution in [3.05, 3.63) is 0 Å². The number of carbonyl (C=O) groups is 1. The van der Waals surface area contributed by atoms with Gasteiger partial charge in [-0.1, -0.05) is 0 Å². The Morgan fingerprint density at radius 2 is 2.33 bits per heavy atom. The van der Waals surface area contributed by atoms with Crippen molar-refractivity contribution in [1.29, 1.82) is 0 Å². The van der Waals surface area contributed by atoms with Crippen LogP contribution >= 0.6 is 11.8 Å². The second-order valence-corrected chi connectivity index (χ2v) is 5.90. The molecule has 1 unspecified atom stereocenters. The molecule has 0 amide bonds. The molecular weight excluding hydrogens is 212 g/mol. The van der Waals surface area contributed by atoms with Crippen LogP contribution in [-0.2, 0) is 4.79 Å². The zero-order valence-electron chi connectivity index (χ0n) is 9.03. The third-order valence-corrected chi connectivity index (χ3v) is 4.86. The minimum atomic E-state index is -0.711. The smallest absolute Gasteiger partial charge is 0.321 e. The SMILES string of the molecule is CN1CCCC2(CC1)N[C@H](C(=O)O)CS2. The normalized spacial score (nSPS) is 38.1. The predicted octanol–water partition coefficient (Wildman–Crippen LogP) is 0.588. The molecule has 2 aliphatic heterocycles. The molecule has 2 heterocycles. The third-order valence-electron chi connectivity index (χ3n) is 3.28. The minimum absolute atomic E-state index is 0.0355. The molecule has 15 heavy (non-hydrogen) atoms. The second kappa shape index (κ2) is 4.31. The van der Waals surface area contributed by atoms with Crippen LogP contribution in [0.3, 0.4) is 0 Å². The van der Waals surface area contributed by atoms with Crippen LogP contribution in [0, 0.1) is 0 Å². The van der Waals surface area contributed by atoms with E-state index in [2.05, 4.69) is 17.3 Å². The number of nitrogens with zero attached hydrogens (tertiary/aromatic N) is 1. The number of carboxylic acid groups (broad SMARTS) is 1. The van der Waals surface area contributed by atoms with E-state index in [-0.39, 0.29) is 10.9 Å². The van der Waals surface area contributed by atoms with Gasteiger partial charge in [-0.15, -0.1) is 11.8 Å². The lowest BCUT2D eigenvalue weighted by molar-refractivity contribution is -0.138. The first kappa shape index (κ1) is 11.2. The molecule has 2 fully saturated rings. The van der Waals surface area contributed by atoms with Crippen LogP contribution < -0.4 is 5.32 Å². The molecule has 0 saturated carbocycles. The first-order valence-electron chi connectivity index (χ1n) is 5.44. The van der Waals surface area contributed by atoms with Gasteiger partial charge in [0.15, 0.2) is 0 Å². The highest BCUT2D eigenvalue weighted by molar-refractivity contribution is 8.00. The molecule has 86 valence electrons. The van der Waals surface area contributed by atoms with E-state index in [0.29, 0.717) is 5.75 Å². The van der Waals surface area contributed by atoms with Crippen molar-refractivity contribution in [2.45, 2.75) is 30.2 Å². The van der Waals surface area contributed by atoms with Gasteiger partial charge in [-0.3, -0.25) is 10.1 Å². The second-order valence-electron chi connectivity index (χ2n) is 4.50. The molecular formula is C10H18N2O2S. The van der Waals surface area contributed by atoms with E-state index in [9.17, 15) is 4.79 Å². The highest BCUT2D eigenvalue weighted by Gasteiger charge is 2.42. The molecule has 4 nitrogen and oxygen atoms in total. The van der Waals surface area contributed by atoms with Crippen molar-refractivity contribution < 1.29 is 9.90 Å². The van der Waals surface area contributed by atoms with E-state index in [1.54, 1.807) is 11.8 Å². The van der Waals surface area contributed by atoms with Gasteiger partial charge in [0.05, 0.1) is 4.87 Å². The van der Waals surface area contributed by atoms with Gasteiger partial charge in [0.1, 0.15) is 6.04 Å². The topological polar surface area (TPSA) is 52.6 Å². The lowest BCUT2D eigenvalue weighted by Crippen LogP contribution is -2.45. The number of hydrogen-bond donors (Lipinski definition) is 2. The van der Waals surface area contributed by atoms with Crippen LogP contribution in [0.15, 0.2) is 0 Å². The first-order chi connectivity index (χ1) is 7.11. The van der Waals surface area contributed by atoms with Crippen molar-refractivity contribution in [2.24, 2.45) is 0 Å². The Hall–Kier alpha value is -0.260. The standard InChI is InChI=1S/C10H18N2O2S/c1-12-5-2-3-10(4-6-12)11-8(7-15-10)9(13)14/h8,11H,2-7H2,1H3,(H,13,14)/t8-,10?/m0/s1. The predicted molar refractivity (Wildman–Crippen MR) is 61.1 cm³/mol. The zero-order chi connectivity index (χ0) is 10.9. The van der Waals surface area contributed by atoms with Gasteiger partial charge in [-0.25, -0.2) is 0 Å². The van der Waals surface area contributed by atoms with Crippen molar-refractivity contribution >= 4 is 17.7 Å². The molecule has 0 aromatic heterocycles. The fraction of sp³-hybridized carbons (Fsp3) is 0.900. The molecule has 0 bridgehead atoms. The Morgan fingerprint density at radius 1 is 1.53 bits per heavy atom. The molecule has 2 aliphatic rings. The van der Waals surface area contributed by atoms with E-state index in [1.807, 2.05) is 0 Å². The third kappa shape index (κ3) is 2.46. The Kier molecular flexibility index (Phi) is 3.23. The Bertz CT molecular complexity index is 262. The lowest BCUT2D eigenvalue weighted by atomic mass is 10.1. The van der Waals surface area contributed by atoms with Crippen LogP contribution in [0.25, 0.3) is 0 Å². The van der Waals surface area contributed by atoms with Gasteiger partial charge in [0.2, 0.25) is 0 Å². The number of thioether (sulfide) groups is 1. The maximum atomic E-state index is 10.9. The summed E-state index contributed by atoms with van der Waals surface area (Å²) in [6.07, 6.45) is 3.30. The number of nitrogens with one attached hydrogen (secondary N) is 1. The summed E-state index contributed by atoms with van der Waals surface area (Å²) >= 11 is 1.80. The van der Waals surface area contributed by atoms with Gasteiger partial charge in [-0.05, 0) is 32.9 Å². The average molecular weight is 230 g/mol. The highest BCUT2D eigenvalue weighted by atomic mass is 32.2. The first-order valence-corrected chi connectivity index (χ1v) is 6.43. The molecule has 2 N–H and O–H groups in total. The van der Waals surface area contributed by atoms with Crippen LogP contribution in [0.2, 0.25) is 0 Å². The van der Waals surface area contributed by atoms with Crippen LogP contribution in [0.5, 0.6) is 0 Å². The largest absolute Gasteiger partial charge is 0.480 e. The molecule has 1 spiro atoms. The number of carboxylic acids is 1. The Labute approximate surface area is 94.4 Å². The monoisotopic (exact) mass is 230 g/mol. The van der Waals surface area contributed by atoms with Gasteiger partial charge < -0.3 is 10.0 Å².